The fourth-order valence-electron chi connectivity index (χ4n) is 2.37. The van der Waals surface area contributed by atoms with Crippen LogP contribution in [-0.2, 0) is 0 Å². The number of rotatable bonds is 2. The maximum atomic E-state index is 11.3. The summed E-state index contributed by atoms with van der Waals surface area (Å²) in [5.41, 5.74) is 3.39. The van der Waals surface area contributed by atoms with Crippen LogP contribution in [0.5, 0.6) is 0 Å². The number of halogens is 1. The normalized spacial score (nSPS) is 12.8. The summed E-state index contributed by atoms with van der Waals surface area (Å²) >= 11 is 6.12. The van der Waals surface area contributed by atoms with Crippen molar-refractivity contribution in [2.45, 2.75) is 13.0 Å². The van der Waals surface area contributed by atoms with Gasteiger partial charge in [0, 0.05) is 10.6 Å². The Labute approximate surface area is 120 Å². The molecular weight excluding hydrogens is 276 g/mol. The first-order valence-corrected chi connectivity index (χ1v) is 6.59. The lowest BCUT2D eigenvalue weighted by atomic mass is 9.97. The number of aryl methyl sites for hydroxylation is 1. The quantitative estimate of drug-likeness (QED) is 0.679. The fraction of sp³-hybridized carbons (Fsp3) is 0.133. The van der Waals surface area contributed by atoms with E-state index in [1.165, 1.54) is 0 Å². The number of fused-ring (bicyclic) bond motifs is 1. The number of aromatic nitrogens is 2. The number of hydrogen-bond acceptors (Lipinski definition) is 2. The predicted molar refractivity (Wildman–Crippen MR) is 79.2 cm³/mol. The molecule has 0 aliphatic heterocycles. The Morgan fingerprint density at radius 2 is 1.75 bits per heavy atom. The maximum Gasteiger partial charge on any atom is 0.323 e. The van der Waals surface area contributed by atoms with E-state index < -0.39 is 6.10 Å². The van der Waals surface area contributed by atoms with Gasteiger partial charge in [-0.3, -0.25) is 0 Å². The molecule has 0 saturated heterocycles. The highest BCUT2D eigenvalue weighted by Crippen LogP contribution is 2.31. The van der Waals surface area contributed by atoms with Gasteiger partial charge in [0.05, 0.1) is 11.0 Å². The first-order valence-electron chi connectivity index (χ1n) is 6.21. The molecule has 0 saturated carbocycles. The van der Waals surface area contributed by atoms with E-state index in [2.05, 4.69) is 9.97 Å². The number of aromatic amines is 2. The van der Waals surface area contributed by atoms with Gasteiger partial charge in [0.25, 0.3) is 0 Å². The van der Waals surface area contributed by atoms with E-state index in [0.717, 1.165) is 16.6 Å². The van der Waals surface area contributed by atoms with Crippen LogP contribution in [0, 0.1) is 6.92 Å². The van der Waals surface area contributed by atoms with Crippen molar-refractivity contribution >= 4 is 22.6 Å². The summed E-state index contributed by atoms with van der Waals surface area (Å²) in [5.74, 6) is 0. The summed E-state index contributed by atoms with van der Waals surface area (Å²) < 4.78 is 0. The molecule has 1 heterocycles. The number of H-pyrrole nitrogens is 2. The monoisotopic (exact) mass is 288 g/mol. The minimum absolute atomic E-state index is 0.260. The Morgan fingerprint density at radius 3 is 2.45 bits per heavy atom. The van der Waals surface area contributed by atoms with Crippen LogP contribution in [0.1, 0.15) is 22.8 Å². The van der Waals surface area contributed by atoms with Crippen molar-refractivity contribution in [3.63, 3.8) is 0 Å². The van der Waals surface area contributed by atoms with Gasteiger partial charge in [-0.05, 0) is 36.2 Å². The minimum atomic E-state index is -0.827. The van der Waals surface area contributed by atoms with Gasteiger partial charge in [0.2, 0.25) is 0 Å². The third-order valence-electron chi connectivity index (χ3n) is 3.40. The zero-order valence-corrected chi connectivity index (χ0v) is 11.5. The largest absolute Gasteiger partial charge is 0.384 e. The zero-order valence-electron chi connectivity index (χ0n) is 10.8. The smallest absolute Gasteiger partial charge is 0.323 e. The van der Waals surface area contributed by atoms with E-state index in [9.17, 15) is 9.90 Å². The molecule has 3 rings (SSSR count). The molecule has 0 radical (unpaired) electrons. The molecule has 0 aliphatic carbocycles. The van der Waals surface area contributed by atoms with E-state index in [0.29, 0.717) is 16.1 Å². The topological polar surface area (TPSA) is 68.9 Å². The molecule has 0 aliphatic rings. The lowest BCUT2D eigenvalue weighted by molar-refractivity contribution is 0.220. The van der Waals surface area contributed by atoms with Gasteiger partial charge in [-0.2, -0.15) is 0 Å². The van der Waals surface area contributed by atoms with Crippen LogP contribution in [0.25, 0.3) is 11.0 Å². The second-order valence-corrected chi connectivity index (χ2v) is 5.16. The summed E-state index contributed by atoms with van der Waals surface area (Å²) in [4.78, 5) is 16.7. The molecule has 1 aromatic heterocycles. The van der Waals surface area contributed by atoms with Crippen molar-refractivity contribution in [2.24, 2.45) is 0 Å². The van der Waals surface area contributed by atoms with Gasteiger partial charge in [-0.15, -0.1) is 0 Å². The lowest BCUT2D eigenvalue weighted by Gasteiger charge is -2.15. The molecule has 0 amide bonds. The summed E-state index contributed by atoms with van der Waals surface area (Å²) in [7, 11) is 0. The maximum absolute atomic E-state index is 11.3. The molecule has 4 nitrogen and oxygen atoms in total. The SMILES string of the molecule is Cc1cc2[nH]c(=O)[nH]c2cc1C(O)c1ccccc1Cl. The van der Waals surface area contributed by atoms with Crippen molar-refractivity contribution in [1.29, 1.82) is 0 Å². The molecular formula is C15H13ClN2O2. The number of benzene rings is 2. The van der Waals surface area contributed by atoms with Crippen LogP contribution in [0.2, 0.25) is 5.02 Å². The fourth-order valence-corrected chi connectivity index (χ4v) is 2.61. The van der Waals surface area contributed by atoms with Crippen molar-refractivity contribution in [2.75, 3.05) is 0 Å². The third kappa shape index (κ3) is 2.13. The number of aliphatic hydroxyl groups is 1. The Morgan fingerprint density at radius 1 is 1.10 bits per heavy atom. The van der Waals surface area contributed by atoms with Crippen LogP contribution in [0.4, 0.5) is 0 Å². The molecule has 2 aromatic carbocycles. The second-order valence-electron chi connectivity index (χ2n) is 4.76. The Bertz CT molecular complexity index is 835. The lowest BCUT2D eigenvalue weighted by Crippen LogP contribution is -2.03. The summed E-state index contributed by atoms with van der Waals surface area (Å²) in [6, 6.07) is 10.8. The first kappa shape index (κ1) is 13.0. The molecule has 0 spiro atoms. The molecule has 5 heteroatoms. The van der Waals surface area contributed by atoms with E-state index in [1.54, 1.807) is 18.2 Å². The zero-order chi connectivity index (χ0) is 14.3. The summed E-state index contributed by atoms with van der Waals surface area (Å²) in [6.07, 6.45) is -0.827. The van der Waals surface area contributed by atoms with Gasteiger partial charge in [-0.25, -0.2) is 4.79 Å². The highest BCUT2D eigenvalue weighted by Gasteiger charge is 2.17. The number of imidazole rings is 1. The molecule has 1 atom stereocenters. The van der Waals surface area contributed by atoms with Crippen LogP contribution in [-0.4, -0.2) is 15.1 Å². The molecule has 0 bridgehead atoms. The third-order valence-corrected chi connectivity index (χ3v) is 3.74. The van der Waals surface area contributed by atoms with E-state index in [4.69, 9.17) is 11.6 Å². The van der Waals surface area contributed by atoms with Crippen LogP contribution >= 0.6 is 11.6 Å². The van der Waals surface area contributed by atoms with Gasteiger partial charge < -0.3 is 15.1 Å². The highest BCUT2D eigenvalue weighted by atomic mass is 35.5. The number of nitrogens with one attached hydrogen (secondary N) is 2. The van der Waals surface area contributed by atoms with Gasteiger partial charge in [-0.1, -0.05) is 29.8 Å². The van der Waals surface area contributed by atoms with Crippen LogP contribution in [0.3, 0.4) is 0 Å². The highest BCUT2D eigenvalue weighted by molar-refractivity contribution is 6.31. The molecule has 0 fully saturated rings. The van der Waals surface area contributed by atoms with Gasteiger partial charge in [0.1, 0.15) is 6.10 Å². The average Bonchev–Trinajstić information content (AvgIpc) is 2.76. The standard InChI is InChI=1S/C15H13ClN2O2/c1-8-6-12-13(18-15(20)17-12)7-10(8)14(19)9-4-2-3-5-11(9)16/h2-7,14,19H,1H3,(H2,17,18,20). The number of aliphatic hydroxyl groups excluding tert-OH is 1. The van der Waals surface area contributed by atoms with Gasteiger partial charge >= 0.3 is 5.69 Å². The van der Waals surface area contributed by atoms with Crippen molar-refractivity contribution in [3.05, 3.63) is 68.6 Å². The number of hydrogen-bond donors (Lipinski definition) is 3. The summed E-state index contributed by atoms with van der Waals surface area (Å²) in [6.45, 7) is 1.89. The Kier molecular flexibility index (Phi) is 3.12. The van der Waals surface area contributed by atoms with E-state index >= 15 is 0 Å². The van der Waals surface area contributed by atoms with E-state index in [-0.39, 0.29) is 5.69 Å². The van der Waals surface area contributed by atoms with Crippen molar-refractivity contribution in [3.8, 4) is 0 Å². The molecule has 3 aromatic rings. The predicted octanol–water partition coefficient (Wildman–Crippen LogP) is 2.90. The van der Waals surface area contributed by atoms with Crippen LogP contribution in [0.15, 0.2) is 41.2 Å². The second kappa shape index (κ2) is 4.81. The van der Waals surface area contributed by atoms with Crippen LogP contribution < -0.4 is 5.69 Å². The minimum Gasteiger partial charge on any atom is -0.384 e. The van der Waals surface area contributed by atoms with Crippen molar-refractivity contribution in [1.82, 2.24) is 9.97 Å². The molecule has 102 valence electrons. The van der Waals surface area contributed by atoms with Crippen molar-refractivity contribution < 1.29 is 5.11 Å². The molecule has 1 unspecified atom stereocenters. The Balaban J connectivity index is 2.16. The molecule has 3 N–H and O–H groups in total. The van der Waals surface area contributed by atoms with E-state index in [1.807, 2.05) is 25.1 Å². The van der Waals surface area contributed by atoms with Gasteiger partial charge in [0.15, 0.2) is 0 Å². The summed E-state index contributed by atoms with van der Waals surface area (Å²) in [5, 5.41) is 11.0. The average molecular weight is 289 g/mol. The molecule has 20 heavy (non-hydrogen) atoms. The Hall–Kier alpha value is -2.04. The first-order chi connectivity index (χ1) is 9.56.